The molecule has 2 heterocycles. The third kappa shape index (κ3) is 1.04. The standard InChI is InChI=1S/C6H8BN2S/c1-2-6(10-5-1)9-4-3-8-7-9/h1-2,5,8H,3-4H2. The Labute approximate surface area is 65.1 Å². The molecule has 1 N–H and O–H groups in total. The summed E-state index contributed by atoms with van der Waals surface area (Å²) < 4.78 is 0. The minimum absolute atomic E-state index is 1.07. The zero-order chi connectivity index (χ0) is 6.81. The van der Waals surface area contributed by atoms with E-state index in [0.717, 1.165) is 13.1 Å². The first-order chi connectivity index (χ1) is 4.97. The lowest BCUT2D eigenvalue weighted by Crippen LogP contribution is -2.24. The number of hydrogen-bond acceptors (Lipinski definition) is 3. The van der Waals surface area contributed by atoms with Gasteiger partial charge in [0.05, 0.1) is 5.00 Å². The van der Waals surface area contributed by atoms with E-state index < -0.39 is 0 Å². The van der Waals surface area contributed by atoms with Gasteiger partial charge in [-0.1, -0.05) is 0 Å². The van der Waals surface area contributed by atoms with E-state index in [2.05, 4.69) is 27.6 Å². The first kappa shape index (κ1) is 6.25. The molecule has 2 rings (SSSR count). The molecule has 1 radical (unpaired) electrons. The fourth-order valence-corrected chi connectivity index (χ4v) is 1.76. The molecule has 1 saturated heterocycles. The fraction of sp³-hybridized carbons (Fsp3) is 0.333. The molecule has 1 aliphatic heterocycles. The summed E-state index contributed by atoms with van der Waals surface area (Å²) in [6.07, 6.45) is 0. The lowest BCUT2D eigenvalue weighted by molar-refractivity contribution is 0.981. The maximum absolute atomic E-state index is 3.17. The van der Waals surface area contributed by atoms with Gasteiger partial charge >= 0.3 is 7.55 Å². The second-order valence-electron chi connectivity index (χ2n) is 2.23. The molecule has 0 amide bonds. The van der Waals surface area contributed by atoms with E-state index in [1.54, 1.807) is 11.3 Å². The van der Waals surface area contributed by atoms with Gasteiger partial charge in [-0.25, -0.2) is 0 Å². The molecule has 0 bridgehead atoms. The number of nitrogens with one attached hydrogen (secondary N) is 1. The van der Waals surface area contributed by atoms with Gasteiger partial charge in [0.2, 0.25) is 0 Å². The van der Waals surface area contributed by atoms with Crippen LogP contribution < -0.4 is 10.0 Å². The lowest BCUT2D eigenvalue weighted by atomic mass is 10.2. The van der Waals surface area contributed by atoms with E-state index in [1.807, 2.05) is 7.55 Å². The number of anilines is 1. The molecule has 0 unspecified atom stereocenters. The summed E-state index contributed by atoms with van der Waals surface area (Å²) in [5.41, 5.74) is 0. The number of hydrogen-bond donors (Lipinski definition) is 1. The van der Waals surface area contributed by atoms with Crippen molar-refractivity contribution in [2.24, 2.45) is 0 Å². The van der Waals surface area contributed by atoms with Gasteiger partial charge in [0, 0.05) is 13.1 Å². The predicted octanol–water partition coefficient (Wildman–Crippen LogP) is 0.692. The largest absolute Gasteiger partial charge is 0.395 e. The van der Waals surface area contributed by atoms with Crippen molar-refractivity contribution < 1.29 is 0 Å². The van der Waals surface area contributed by atoms with Crippen molar-refractivity contribution in [2.75, 3.05) is 17.9 Å². The molecule has 10 heavy (non-hydrogen) atoms. The van der Waals surface area contributed by atoms with Crippen LogP contribution in [0.25, 0.3) is 0 Å². The zero-order valence-corrected chi connectivity index (χ0v) is 6.40. The Bertz CT molecular complexity index is 194. The normalized spacial score (nSPS) is 17.4. The van der Waals surface area contributed by atoms with Crippen LogP contribution in [0.4, 0.5) is 5.00 Å². The van der Waals surface area contributed by atoms with Gasteiger partial charge in [-0.15, -0.1) is 11.3 Å². The zero-order valence-electron chi connectivity index (χ0n) is 5.58. The topological polar surface area (TPSA) is 15.3 Å². The average Bonchev–Trinajstić information content (AvgIpc) is 2.59. The SMILES string of the molecule is [B]1NCCN1c1cccs1. The summed E-state index contributed by atoms with van der Waals surface area (Å²) in [5, 5.41) is 6.59. The minimum atomic E-state index is 1.07. The highest BCUT2D eigenvalue weighted by molar-refractivity contribution is 7.14. The molecule has 2 nitrogen and oxygen atoms in total. The van der Waals surface area contributed by atoms with Crippen molar-refractivity contribution >= 4 is 23.9 Å². The van der Waals surface area contributed by atoms with Crippen LogP contribution in [0.1, 0.15) is 0 Å². The van der Waals surface area contributed by atoms with Crippen molar-refractivity contribution in [1.82, 2.24) is 5.23 Å². The van der Waals surface area contributed by atoms with Gasteiger partial charge in [0.25, 0.3) is 0 Å². The van der Waals surface area contributed by atoms with Crippen LogP contribution in [0.5, 0.6) is 0 Å². The summed E-state index contributed by atoms with van der Waals surface area (Å²) in [5.74, 6) is 0. The Morgan fingerprint density at radius 1 is 1.70 bits per heavy atom. The second kappa shape index (κ2) is 2.64. The van der Waals surface area contributed by atoms with E-state index in [9.17, 15) is 0 Å². The first-order valence-corrected chi connectivity index (χ1v) is 4.22. The molecule has 1 fully saturated rings. The molecule has 0 aliphatic carbocycles. The maximum Gasteiger partial charge on any atom is 0.349 e. The molecule has 1 aromatic rings. The van der Waals surface area contributed by atoms with Crippen LogP contribution in [-0.2, 0) is 0 Å². The quantitative estimate of drug-likeness (QED) is 0.594. The van der Waals surface area contributed by atoms with Gasteiger partial charge in [0.15, 0.2) is 0 Å². The van der Waals surface area contributed by atoms with E-state index >= 15 is 0 Å². The Balaban J connectivity index is 2.12. The van der Waals surface area contributed by atoms with E-state index in [-0.39, 0.29) is 0 Å². The molecular weight excluding hydrogens is 143 g/mol. The Morgan fingerprint density at radius 2 is 2.70 bits per heavy atom. The lowest BCUT2D eigenvalue weighted by Gasteiger charge is -2.11. The van der Waals surface area contributed by atoms with E-state index in [1.165, 1.54) is 5.00 Å². The van der Waals surface area contributed by atoms with E-state index in [0.29, 0.717) is 0 Å². The van der Waals surface area contributed by atoms with Gasteiger partial charge in [0.1, 0.15) is 0 Å². The number of nitrogens with zero attached hydrogens (tertiary/aromatic N) is 1. The van der Waals surface area contributed by atoms with E-state index in [4.69, 9.17) is 0 Å². The Hall–Kier alpha value is -0.475. The summed E-state index contributed by atoms with van der Waals surface area (Å²) >= 11 is 1.77. The molecule has 51 valence electrons. The summed E-state index contributed by atoms with van der Waals surface area (Å²) in [6.45, 7) is 2.17. The molecule has 0 saturated carbocycles. The highest BCUT2D eigenvalue weighted by atomic mass is 32.1. The van der Waals surface area contributed by atoms with Gasteiger partial charge in [-0.2, -0.15) is 0 Å². The highest BCUT2D eigenvalue weighted by Crippen LogP contribution is 2.20. The van der Waals surface area contributed by atoms with Crippen LogP contribution in [0.15, 0.2) is 17.5 Å². The minimum Gasteiger partial charge on any atom is -0.395 e. The van der Waals surface area contributed by atoms with Crippen molar-refractivity contribution in [3.63, 3.8) is 0 Å². The average molecular weight is 151 g/mol. The molecule has 1 aromatic heterocycles. The maximum atomic E-state index is 3.17. The molecule has 0 atom stereocenters. The molecular formula is C6H8BN2S. The van der Waals surface area contributed by atoms with Crippen LogP contribution in [0.3, 0.4) is 0 Å². The van der Waals surface area contributed by atoms with Crippen molar-refractivity contribution in [3.05, 3.63) is 17.5 Å². The monoisotopic (exact) mass is 151 g/mol. The van der Waals surface area contributed by atoms with Crippen LogP contribution in [-0.4, -0.2) is 20.6 Å². The molecule has 4 heteroatoms. The van der Waals surface area contributed by atoms with Crippen LogP contribution in [0.2, 0.25) is 0 Å². The smallest absolute Gasteiger partial charge is 0.349 e. The summed E-state index contributed by atoms with van der Waals surface area (Å²) in [4.78, 5) is 2.23. The second-order valence-corrected chi connectivity index (χ2v) is 3.15. The molecule has 0 spiro atoms. The van der Waals surface area contributed by atoms with Crippen LogP contribution >= 0.6 is 11.3 Å². The molecule has 0 aromatic carbocycles. The summed E-state index contributed by atoms with van der Waals surface area (Å²) in [6, 6.07) is 4.21. The Morgan fingerprint density at radius 3 is 3.30 bits per heavy atom. The van der Waals surface area contributed by atoms with Crippen molar-refractivity contribution in [2.45, 2.75) is 0 Å². The summed E-state index contributed by atoms with van der Waals surface area (Å²) in [7, 11) is 2.03. The first-order valence-electron chi connectivity index (χ1n) is 3.34. The number of thiophene rings is 1. The van der Waals surface area contributed by atoms with Gasteiger partial charge in [-0.3, -0.25) is 0 Å². The predicted molar refractivity (Wildman–Crippen MR) is 45.4 cm³/mol. The third-order valence-corrected chi connectivity index (χ3v) is 2.44. The molecule has 1 aliphatic rings. The fourth-order valence-electron chi connectivity index (χ4n) is 1.03. The van der Waals surface area contributed by atoms with Gasteiger partial charge < -0.3 is 10.0 Å². The van der Waals surface area contributed by atoms with Crippen molar-refractivity contribution in [3.8, 4) is 0 Å². The highest BCUT2D eigenvalue weighted by Gasteiger charge is 2.13. The third-order valence-electron chi connectivity index (χ3n) is 1.53. The number of rotatable bonds is 1. The van der Waals surface area contributed by atoms with Crippen LogP contribution in [0, 0.1) is 0 Å². The Kier molecular flexibility index (Phi) is 1.65. The van der Waals surface area contributed by atoms with Gasteiger partial charge in [-0.05, 0) is 17.5 Å². The van der Waals surface area contributed by atoms with Crippen molar-refractivity contribution in [1.29, 1.82) is 0 Å².